The van der Waals surface area contributed by atoms with Gasteiger partial charge in [0, 0.05) is 13.1 Å². The van der Waals surface area contributed by atoms with Crippen LogP contribution in [0.1, 0.15) is 18.9 Å². The van der Waals surface area contributed by atoms with Gasteiger partial charge in [-0.15, -0.1) is 11.3 Å². The Bertz CT molecular complexity index is 939. The van der Waals surface area contributed by atoms with Crippen LogP contribution in [0.2, 0.25) is 0 Å². The number of nitrogens with zero attached hydrogens (tertiary/aromatic N) is 2. The van der Waals surface area contributed by atoms with E-state index in [2.05, 4.69) is 35.5 Å². The lowest BCUT2D eigenvalue weighted by Gasteiger charge is -2.25. The van der Waals surface area contributed by atoms with Crippen LogP contribution in [0.25, 0.3) is 15.8 Å². The average Bonchev–Trinajstić information content (AvgIpc) is 3.06. The minimum Gasteiger partial charge on any atom is -0.418 e. The van der Waals surface area contributed by atoms with Crippen LogP contribution >= 0.6 is 11.3 Å². The summed E-state index contributed by atoms with van der Waals surface area (Å²) in [4.78, 5) is 19.3. The Morgan fingerprint density at radius 1 is 1.28 bits per heavy atom. The molecular formula is C20H18N2O2S. The van der Waals surface area contributed by atoms with Gasteiger partial charge in [0.1, 0.15) is 5.01 Å². The third kappa shape index (κ3) is 2.82. The summed E-state index contributed by atoms with van der Waals surface area (Å²) in [5.74, 6) is 0.144. The molecule has 1 aliphatic carbocycles. The number of hydrogen-bond acceptors (Lipinski definition) is 5. The van der Waals surface area contributed by atoms with E-state index in [1.54, 1.807) is 0 Å². The summed E-state index contributed by atoms with van der Waals surface area (Å²) in [6, 6.07) is 7.89. The van der Waals surface area contributed by atoms with Crippen molar-refractivity contribution < 1.29 is 9.53 Å². The van der Waals surface area contributed by atoms with E-state index in [0.29, 0.717) is 16.3 Å². The van der Waals surface area contributed by atoms with Crippen molar-refractivity contribution in [2.45, 2.75) is 13.8 Å². The minimum absolute atomic E-state index is 0.0703. The molecule has 1 aliphatic heterocycles. The van der Waals surface area contributed by atoms with Gasteiger partial charge in [0.15, 0.2) is 5.76 Å². The normalized spacial score (nSPS) is 19.0. The number of allylic oxidation sites excluding steroid dienone is 1. The molecule has 1 aromatic carbocycles. The Morgan fingerprint density at radius 2 is 2.08 bits per heavy atom. The summed E-state index contributed by atoms with van der Waals surface area (Å²) in [6.07, 6.45) is 6.04. The van der Waals surface area contributed by atoms with Gasteiger partial charge in [-0.05, 0) is 32.1 Å². The molecule has 2 heterocycles. The van der Waals surface area contributed by atoms with Gasteiger partial charge in [-0.25, -0.2) is 9.78 Å². The van der Waals surface area contributed by atoms with Gasteiger partial charge < -0.3 is 9.64 Å². The highest BCUT2D eigenvalue weighted by Crippen LogP contribution is 2.35. The SMILES string of the molecule is CCN(CC)C1=C=C2OC(=O)C(c3nc4ccccc4s3)=CC2C=C1. The fraction of sp³-hybridized carbons (Fsp3) is 0.250. The van der Waals surface area contributed by atoms with Gasteiger partial charge in [0.2, 0.25) is 0 Å². The first-order valence-electron chi connectivity index (χ1n) is 8.43. The van der Waals surface area contributed by atoms with Crippen molar-refractivity contribution in [2.75, 3.05) is 13.1 Å². The van der Waals surface area contributed by atoms with Crippen molar-refractivity contribution in [3.8, 4) is 0 Å². The van der Waals surface area contributed by atoms with E-state index in [9.17, 15) is 4.79 Å². The summed E-state index contributed by atoms with van der Waals surface area (Å²) in [5.41, 5.74) is 5.65. The zero-order chi connectivity index (χ0) is 17.4. The highest BCUT2D eigenvalue weighted by Gasteiger charge is 2.30. The molecule has 25 heavy (non-hydrogen) atoms. The van der Waals surface area contributed by atoms with Crippen molar-refractivity contribution in [1.82, 2.24) is 9.88 Å². The summed E-state index contributed by atoms with van der Waals surface area (Å²) >= 11 is 1.51. The first kappa shape index (κ1) is 15.9. The monoisotopic (exact) mass is 350 g/mol. The molecule has 0 saturated heterocycles. The van der Waals surface area contributed by atoms with E-state index in [1.165, 1.54) is 11.3 Å². The Hall–Kier alpha value is -2.62. The largest absolute Gasteiger partial charge is 0.418 e. The minimum atomic E-state index is -0.355. The van der Waals surface area contributed by atoms with Crippen LogP contribution in [0, 0.1) is 5.92 Å². The fourth-order valence-electron chi connectivity index (χ4n) is 3.06. The quantitative estimate of drug-likeness (QED) is 0.614. The number of benzene rings is 1. The van der Waals surface area contributed by atoms with Crippen molar-refractivity contribution in [3.05, 3.63) is 64.7 Å². The van der Waals surface area contributed by atoms with Gasteiger partial charge in [-0.2, -0.15) is 0 Å². The molecule has 0 saturated carbocycles. The van der Waals surface area contributed by atoms with E-state index >= 15 is 0 Å². The Morgan fingerprint density at radius 3 is 2.84 bits per heavy atom. The lowest BCUT2D eigenvalue weighted by atomic mass is 9.97. The summed E-state index contributed by atoms with van der Waals surface area (Å²) in [6.45, 7) is 5.98. The van der Waals surface area contributed by atoms with Gasteiger partial charge in [0.05, 0.1) is 27.4 Å². The number of thiazole rings is 1. The second-order valence-corrected chi connectivity index (χ2v) is 6.92. The van der Waals surface area contributed by atoms with Crippen LogP contribution in [-0.4, -0.2) is 28.9 Å². The van der Waals surface area contributed by atoms with Crippen LogP contribution in [0.4, 0.5) is 0 Å². The summed E-state index contributed by atoms with van der Waals surface area (Å²) in [7, 11) is 0. The molecule has 2 aromatic rings. The number of para-hydroxylation sites is 1. The van der Waals surface area contributed by atoms with Gasteiger partial charge in [-0.3, -0.25) is 0 Å². The Labute approximate surface area is 150 Å². The molecule has 0 spiro atoms. The molecule has 1 atom stereocenters. The molecule has 2 aliphatic rings. The van der Waals surface area contributed by atoms with Crippen LogP contribution < -0.4 is 0 Å². The number of fused-ring (bicyclic) bond motifs is 2. The zero-order valence-corrected chi connectivity index (χ0v) is 15.0. The lowest BCUT2D eigenvalue weighted by molar-refractivity contribution is -0.133. The van der Waals surface area contributed by atoms with Crippen molar-refractivity contribution in [2.24, 2.45) is 5.92 Å². The van der Waals surface area contributed by atoms with Crippen molar-refractivity contribution in [1.29, 1.82) is 0 Å². The molecular weight excluding hydrogens is 332 g/mol. The highest BCUT2D eigenvalue weighted by molar-refractivity contribution is 7.19. The maximum absolute atomic E-state index is 12.5. The average molecular weight is 350 g/mol. The number of carbonyl (C=O) groups is 1. The number of ether oxygens (including phenoxy) is 1. The molecule has 0 bridgehead atoms. The van der Waals surface area contributed by atoms with E-state index in [-0.39, 0.29) is 11.9 Å². The van der Waals surface area contributed by atoms with E-state index < -0.39 is 0 Å². The Balaban J connectivity index is 1.73. The third-order valence-electron chi connectivity index (χ3n) is 4.41. The van der Waals surface area contributed by atoms with Gasteiger partial charge in [0.25, 0.3) is 0 Å². The standard InChI is InChI=1S/C20H18N2O2S/c1-3-22(4-2)14-10-9-13-11-15(20(23)24-17(13)12-14)19-21-16-7-5-6-8-18(16)25-19/h5-11,13H,3-4H2,1-2H3. The number of esters is 1. The van der Waals surface area contributed by atoms with Gasteiger partial charge in [-0.1, -0.05) is 30.0 Å². The van der Waals surface area contributed by atoms with Crippen LogP contribution in [-0.2, 0) is 9.53 Å². The summed E-state index contributed by atoms with van der Waals surface area (Å²) < 4.78 is 6.65. The molecule has 5 heteroatoms. The molecule has 4 rings (SSSR count). The topological polar surface area (TPSA) is 42.4 Å². The predicted molar refractivity (Wildman–Crippen MR) is 99.8 cm³/mol. The molecule has 0 fully saturated rings. The number of aromatic nitrogens is 1. The zero-order valence-electron chi connectivity index (χ0n) is 14.2. The van der Waals surface area contributed by atoms with Crippen LogP contribution in [0.15, 0.2) is 59.7 Å². The molecule has 0 N–H and O–H groups in total. The number of rotatable bonds is 4. The van der Waals surface area contributed by atoms with E-state index in [1.807, 2.05) is 36.4 Å². The first-order chi connectivity index (χ1) is 12.2. The molecule has 4 nitrogen and oxygen atoms in total. The maximum atomic E-state index is 12.5. The van der Waals surface area contributed by atoms with Crippen LogP contribution in [0.3, 0.4) is 0 Å². The van der Waals surface area contributed by atoms with Crippen molar-refractivity contribution in [3.63, 3.8) is 0 Å². The first-order valence-corrected chi connectivity index (χ1v) is 9.25. The molecule has 1 unspecified atom stereocenters. The Kier molecular flexibility index (Phi) is 4.04. The second kappa shape index (κ2) is 6.36. The maximum Gasteiger partial charge on any atom is 0.346 e. The van der Waals surface area contributed by atoms with Crippen molar-refractivity contribution >= 4 is 33.1 Å². The summed E-state index contributed by atoms with van der Waals surface area (Å²) in [5, 5.41) is 0.706. The fourth-order valence-corrected chi connectivity index (χ4v) is 4.03. The molecule has 1 aromatic heterocycles. The van der Waals surface area contributed by atoms with Crippen LogP contribution in [0.5, 0.6) is 0 Å². The number of carbonyl (C=O) groups excluding carboxylic acids is 1. The molecule has 126 valence electrons. The van der Waals surface area contributed by atoms with E-state index in [4.69, 9.17) is 4.74 Å². The highest BCUT2D eigenvalue weighted by atomic mass is 32.1. The third-order valence-corrected chi connectivity index (χ3v) is 5.48. The molecule has 0 amide bonds. The van der Waals surface area contributed by atoms with E-state index in [0.717, 1.165) is 29.0 Å². The predicted octanol–water partition coefficient (Wildman–Crippen LogP) is 4.13. The lowest BCUT2D eigenvalue weighted by Crippen LogP contribution is -2.24. The van der Waals surface area contributed by atoms with Gasteiger partial charge >= 0.3 is 5.97 Å². The second-order valence-electron chi connectivity index (χ2n) is 5.89. The number of hydrogen-bond donors (Lipinski definition) is 0. The molecule has 0 radical (unpaired) electrons. The smallest absolute Gasteiger partial charge is 0.346 e. The number of likely N-dealkylation sites (N-methyl/N-ethyl adjacent to an activating group) is 1.